The molecular formula is C21H23N5O. The molecule has 3 N–H and O–H groups in total. The number of aryl methyl sites for hydroxylation is 1. The zero-order valence-corrected chi connectivity index (χ0v) is 15.3. The fraction of sp³-hybridized carbons (Fsp3) is 0.190. The third kappa shape index (κ3) is 6.11. The van der Waals surface area contributed by atoms with Crippen molar-refractivity contribution in [2.75, 3.05) is 22.5 Å². The largest absolute Gasteiger partial charge is 0.370 e. The molecule has 0 bridgehead atoms. The van der Waals surface area contributed by atoms with Crippen molar-refractivity contribution in [2.24, 2.45) is 0 Å². The maximum absolute atomic E-state index is 11.1. The average molecular weight is 361 g/mol. The summed E-state index contributed by atoms with van der Waals surface area (Å²) in [6.45, 7) is 2.33. The number of nitrogens with zero attached hydrogens (tertiary/aromatic N) is 2. The molecule has 0 saturated heterocycles. The molecule has 0 aliphatic heterocycles. The number of carbonyl (C=O) groups excluding carboxylic acids is 1. The fourth-order valence-electron chi connectivity index (χ4n) is 2.64. The molecule has 0 radical (unpaired) electrons. The molecule has 27 heavy (non-hydrogen) atoms. The molecule has 138 valence electrons. The van der Waals surface area contributed by atoms with E-state index in [2.05, 4.69) is 50.2 Å². The second-order valence-corrected chi connectivity index (χ2v) is 6.16. The summed E-state index contributed by atoms with van der Waals surface area (Å²) in [6, 6.07) is 19.7. The molecule has 2 aromatic carbocycles. The Kier molecular flexibility index (Phi) is 6.35. The van der Waals surface area contributed by atoms with Crippen LogP contribution in [0, 0.1) is 0 Å². The van der Waals surface area contributed by atoms with Gasteiger partial charge in [0.25, 0.3) is 0 Å². The summed E-state index contributed by atoms with van der Waals surface area (Å²) in [5, 5.41) is 9.24. The lowest BCUT2D eigenvalue weighted by Crippen LogP contribution is -2.07. The maximum Gasteiger partial charge on any atom is 0.229 e. The number of amides is 1. The molecule has 1 aromatic heterocycles. The Morgan fingerprint density at radius 2 is 1.70 bits per heavy atom. The van der Waals surface area contributed by atoms with Gasteiger partial charge in [-0.15, -0.1) is 0 Å². The van der Waals surface area contributed by atoms with E-state index in [1.807, 2.05) is 36.4 Å². The molecule has 0 spiro atoms. The van der Waals surface area contributed by atoms with Crippen molar-refractivity contribution in [3.05, 3.63) is 72.4 Å². The molecule has 3 aromatic rings. The van der Waals surface area contributed by atoms with E-state index in [0.29, 0.717) is 5.95 Å². The number of hydrogen-bond acceptors (Lipinski definition) is 5. The van der Waals surface area contributed by atoms with Crippen LogP contribution in [-0.4, -0.2) is 22.4 Å². The van der Waals surface area contributed by atoms with Gasteiger partial charge in [-0.1, -0.05) is 30.3 Å². The summed E-state index contributed by atoms with van der Waals surface area (Å²) in [4.78, 5) is 19.8. The Hall–Kier alpha value is -3.41. The lowest BCUT2D eigenvalue weighted by molar-refractivity contribution is -0.114. The van der Waals surface area contributed by atoms with Gasteiger partial charge in [-0.25, -0.2) is 4.98 Å². The van der Waals surface area contributed by atoms with Crippen molar-refractivity contribution >= 4 is 29.0 Å². The SMILES string of the molecule is CC(=O)Nc1ccc(Nc2nccc(NCCCc3ccccc3)n2)cc1. The van der Waals surface area contributed by atoms with E-state index in [-0.39, 0.29) is 5.91 Å². The van der Waals surface area contributed by atoms with Crippen LogP contribution in [0.15, 0.2) is 66.9 Å². The van der Waals surface area contributed by atoms with Crippen molar-refractivity contribution in [1.29, 1.82) is 0 Å². The minimum Gasteiger partial charge on any atom is -0.370 e. The minimum atomic E-state index is -0.0925. The van der Waals surface area contributed by atoms with E-state index in [1.54, 1.807) is 6.20 Å². The summed E-state index contributed by atoms with van der Waals surface area (Å²) < 4.78 is 0. The topological polar surface area (TPSA) is 78.9 Å². The molecule has 1 amide bonds. The quantitative estimate of drug-likeness (QED) is 0.524. The van der Waals surface area contributed by atoms with Crippen LogP contribution in [0.5, 0.6) is 0 Å². The highest BCUT2D eigenvalue weighted by molar-refractivity contribution is 5.88. The zero-order valence-electron chi connectivity index (χ0n) is 15.3. The lowest BCUT2D eigenvalue weighted by atomic mass is 10.1. The monoisotopic (exact) mass is 361 g/mol. The van der Waals surface area contributed by atoms with Gasteiger partial charge in [-0.2, -0.15) is 4.98 Å². The number of nitrogens with one attached hydrogen (secondary N) is 3. The maximum atomic E-state index is 11.1. The highest BCUT2D eigenvalue weighted by Gasteiger charge is 2.01. The van der Waals surface area contributed by atoms with Crippen LogP contribution in [0.4, 0.5) is 23.1 Å². The summed E-state index contributed by atoms with van der Waals surface area (Å²) >= 11 is 0. The molecule has 0 saturated carbocycles. The van der Waals surface area contributed by atoms with Crippen LogP contribution in [-0.2, 0) is 11.2 Å². The van der Waals surface area contributed by atoms with Crippen LogP contribution in [0.2, 0.25) is 0 Å². The van der Waals surface area contributed by atoms with E-state index in [0.717, 1.165) is 36.6 Å². The van der Waals surface area contributed by atoms with Gasteiger partial charge in [0.1, 0.15) is 5.82 Å². The number of aromatic nitrogens is 2. The van der Waals surface area contributed by atoms with Crippen LogP contribution in [0.25, 0.3) is 0 Å². The summed E-state index contributed by atoms with van der Waals surface area (Å²) in [5.74, 6) is 1.22. The molecule has 0 aliphatic rings. The second kappa shape index (κ2) is 9.33. The van der Waals surface area contributed by atoms with E-state index < -0.39 is 0 Å². The minimum absolute atomic E-state index is 0.0925. The van der Waals surface area contributed by atoms with Gasteiger partial charge < -0.3 is 16.0 Å². The first-order valence-electron chi connectivity index (χ1n) is 8.94. The molecule has 0 unspecified atom stereocenters. The van der Waals surface area contributed by atoms with Gasteiger partial charge >= 0.3 is 0 Å². The third-order valence-corrected chi connectivity index (χ3v) is 3.91. The van der Waals surface area contributed by atoms with Crippen LogP contribution < -0.4 is 16.0 Å². The average Bonchev–Trinajstić information content (AvgIpc) is 2.68. The molecular weight excluding hydrogens is 338 g/mol. The molecule has 6 heteroatoms. The predicted molar refractivity (Wildman–Crippen MR) is 109 cm³/mol. The van der Waals surface area contributed by atoms with Gasteiger partial charge in [0.15, 0.2) is 0 Å². The molecule has 1 heterocycles. The van der Waals surface area contributed by atoms with Crippen molar-refractivity contribution < 1.29 is 4.79 Å². The smallest absolute Gasteiger partial charge is 0.229 e. The van der Waals surface area contributed by atoms with Crippen LogP contribution >= 0.6 is 0 Å². The third-order valence-electron chi connectivity index (χ3n) is 3.91. The summed E-state index contributed by atoms with van der Waals surface area (Å²) in [7, 11) is 0. The number of benzene rings is 2. The molecule has 0 fully saturated rings. The fourth-order valence-corrected chi connectivity index (χ4v) is 2.64. The van der Waals surface area contributed by atoms with E-state index >= 15 is 0 Å². The molecule has 0 atom stereocenters. The van der Waals surface area contributed by atoms with Gasteiger partial charge in [-0.3, -0.25) is 4.79 Å². The number of hydrogen-bond donors (Lipinski definition) is 3. The Morgan fingerprint density at radius 1 is 0.963 bits per heavy atom. The van der Waals surface area contributed by atoms with Crippen molar-refractivity contribution in [3.63, 3.8) is 0 Å². The lowest BCUT2D eigenvalue weighted by Gasteiger charge is -2.09. The van der Waals surface area contributed by atoms with E-state index in [1.165, 1.54) is 12.5 Å². The molecule has 6 nitrogen and oxygen atoms in total. The molecule has 0 aliphatic carbocycles. The Labute approximate surface area is 159 Å². The van der Waals surface area contributed by atoms with E-state index in [9.17, 15) is 4.79 Å². The standard InChI is InChI=1S/C21H23N5O/c1-16(27)24-18-9-11-19(12-10-18)25-21-23-15-13-20(26-21)22-14-5-8-17-6-3-2-4-7-17/h2-4,6-7,9-13,15H,5,8,14H2,1H3,(H,24,27)(H2,22,23,25,26). The number of anilines is 4. The second-order valence-electron chi connectivity index (χ2n) is 6.16. The van der Waals surface area contributed by atoms with Crippen LogP contribution in [0.3, 0.4) is 0 Å². The van der Waals surface area contributed by atoms with Crippen molar-refractivity contribution in [1.82, 2.24) is 9.97 Å². The summed E-state index contributed by atoms with van der Waals surface area (Å²) in [6.07, 6.45) is 3.78. The Bertz CT molecular complexity index is 865. The van der Waals surface area contributed by atoms with E-state index in [4.69, 9.17) is 0 Å². The van der Waals surface area contributed by atoms with Crippen molar-refractivity contribution in [3.8, 4) is 0 Å². The predicted octanol–water partition coefficient (Wildman–Crippen LogP) is 4.22. The first-order chi connectivity index (χ1) is 13.2. The normalized spacial score (nSPS) is 10.3. The zero-order chi connectivity index (χ0) is 18.9. The van der Waals surface area contributed by atoms with Crippen LogP contribution in [0.1, 0.15) is 18.9 Å². The van der Waals surface area contributed by atoms with Gasteiger partial charge in [-0.05, 0) is 48.7 Å². The Balaban J connectivity index is 1.50. The summed E-state index contributed by atoms with van der Waals surface area (Å²) in [5.41, 5.74) is 2.94. The number of rotatable bonds is 8. The van der Waals surface area contributed by atoms with Gasteiger partial charge in [0.05, 0.1) is 0 Å². The Morgan fingerprint density at radius 3 is 2.44 bits per heavy atom. The van der Waals surface area contributed by atoms with Gasteiger partial charge in [0.2, 0.25) is 11.9 Å². The first-order valence-corrected chi connectivity index (χ1v) is 8.94. The first kappa shape index (κ1) is 18.4. The number of carbonyl (C=O) groups is 1. The highest BCUT2D eigenvalue weighted by Crippen LogP contribution is 2.17. The van der Waals surface area contributed by atoms with Crippen molar-refractivity contribution in [2.45, 2.75) is 19.8 Å². The molecule has 3 rings (SSSR count). The highest BCUT2D eigenvalue weighted by atomic mass is 16.1. The van der Waals surface area contributed by atoms with Gasteiger partial charge in [0, 0.05) is 31.0 Å².